The van der Waals surface area contributed by atoms with Crippen LogP contribution < -0.4 is 0 Å². The highest BCUT2D eigenvalue weighted by molar-refractivity contribution is 5.66. The van der Waals surface area contributed by atoms with Gasteiger partial charge in [-0.05, 0) is 38.5 Å². The molecule has 0 saturated heterocycles. The number of allylic oxidation sites excluding steroid dienone is 3. The second-order valence-electron chi connectivity index (χ2n) is 5.47. The Balaban J connectivity index is 3.93. The third-order valence-electron chi connectivity index (χ3n) is 3.28. The van der Waals surface area contributed by atoms with Crippen molar-refractivity contribution in [2.75, 3.05) is 0 Å². The van der Waals surface area contributed by atoms with E-state index in [1.807, 2.05) is 18.2 Å². The second kappa shape index (κ2) is 14.2. The zero-order valence-corrected chi connectivity index (χ0v) is 13.8. The number of carboxylic acids is 1. The van der Waals surface area contributed by atoms with E-state index < -0.39 is 24.3 Å². The van der Waals surface area contributed by atoms with Gasteiger partial charge in [-0.3, -0.25) is 4.79 Å². The van der Waals surface area contributed by atoms with Gasteiger partial charge in [0.1, 0.15) is 0 Å². The molecule has 0 saturated carbocycles. The van der Waals surface area contributed by atoms with Crippen LogP contribution in [0.4, 0.5) is 0 Å². The van der Waals surface area contributed by atoms with Crippen molar-refractivity contribution in [2.45, 2.75) is 70.2 Å². The van der Waals surface area contributed by atoms with E-state index in [-0.39, 0.29) is 6.42 Å². The molecule has 5 heteroatoms. The molecule has 132 valence electrons. The highest BCUT2D eigenvalue weighted by atomic mass is 16.4. The van der Waals surface area contributed by atoms with Crippen LogP contribution in [0.1, 0.15) is 51.9 Å². The van der Waals surface area contributed by atoms with Gasteiger partial charge in [-0.1, -0.05) is 43.4 Å². The van der Waals surface area contributed by atoms with Gasteiger partial charge in [0.05, 0.1) is 18.3 Å². The maximum absolute atomic E-state index is 10.3. The summed E-state index contributed by atoms with van der Waals surface area (Å²) in [5.41, 5.74) is 0. The first-order chi connectivity index (χ1) is 11.0. The predicted octanol–water partition coefficient (Wildman–Crippen LogP) is 2.57. The standard InChI is InChI=1S/C18H30O5/c1-2-3-4-5-6-7-11-16(20)17(21)14-13-15(19)10-8-9-12-18(22)23/h3-4,6-7,13-17,19-21H,2,5,8-12H2,1H3,(H,22,23)/b4-3-,7-6-,14-13+/t15?,16-,17-/m1/s1. The molecule has 0 fully saturated rings. The molecule has 0 heterocycles. The SMILES string of the molecule is CC/C=C\C/C=C\C[C@@H](O)[C@H](O)/C=C/C(O)CCCCC(=O)O. The molecular weight excluding hydrogens is 296 g/mol. The summed E-state index contributed by atoms with van der Waals surface area (Å²) in [4.78, 5) is 10.3. The summed E-state index contributed by atoms with van der Waals surface area (Å²) in [6.45, 7) is 2.06. The van der Waals surface area contributed by atoms with Crippen molar-refractivity contribution in [1.29, 1.82) is 0 Å². The molecule has 0 rings (SSSR count). The molecule has 5 nitrogen and oxygen atoms in total. The molecule has 0 aromatic heterocycles. The first kappa shape index (κ1) is 21.6. The molecule has 0 aliphatic rings. The summed E-state index contributed by atoms with van der Waals surface area (Å²) in [6, 6.07) is 0. The van der Waals surface area contributed by atoms with Crippen molar-refractivity contribution in [3.8, 4) is 0 Å². The Morgan fingerprint density at radius 2 is 1.70 bits per heavy atom. The fraction of sp³-hybridized carbons (Fsp3) is 0.611. The van der Waals surface area contributed by atoms with Gasteiger partial charge in [-0.2, -0.15) is 0 Å². The van der Waals surface area contributed by atoms with Crippen LogP contribution >= 0.6 is 0 Å². The lowest BCUT2D eigenvalue weighted by atomic mass is 10.1. The van der Waals surface area contributed by atoms with E-state index in [4.69, 9.17) is 5.11 Å². The molecule has 0 aromatic carbocycles. The monoisotopic (exact) mass is 326 g/mol. The van der Waals surface area contributed by atoms with Crippen molar-refractivity contribution < 1.29 is 25.2 Å². The average Bonchev–Trinajstić information content (AvgIpc) is 2.52. The summed E-state index contributed by atoms with van der Waals surface area (Å²) in [5.74, 6) is -0.841. The summed E-state index contributed by atoms with van der Waals surface area (Å²) in [5, 5.41) is 37.8. The number of unbranched alkanes of at least 4 members (excludes halogenated alkanes) is 1. The van der Waals surface area contributed by atoms with Crippen LogP contribution in [0.5, 0.6) is 0 Å². The van der Waals surface area contributed by atoms with Crippen molar-refractivity contribution in [1.82, 2.24) is 0 Å². The van der Waals surface area contributed by atoms with E-state index in [0.717, 1.165) is 12.8 Å². The van der Waals surface area contributed by atoms with Crippen LogP contribution in [-0.4, -0.2) is 44.7 Å². The molecule has 0 amide bonds. The lowest BCUT2D eigenvalue weighted by molar-refractivity contribution is -0.137. The highest BCUT2D eigenvalue weighted by Crippen LogP contribution is 2.07. The van der Waals surface area contributed by atoms with E-state index >= 15 is 0 Å². The quantitative estimate of drug-likeness (QED) is 0.308. The van der Waals surface area contributed by atoms with Crippen molar-refractivity contribution >= 4 is 5.97 Å². The first-order valence-corrected chi connectivity index (χ1v) is 8.21. The smallest absolute Gasteiger partial charge is 0.303 e. The minimum absolute atomic E-state index is 0.0948. The summed E-state index contributed by atoms with van der Waals surface area (Å²) >= 11 is 0. The molecule has 0 aliphatic heterocycles. The Kier molecular flexibility index (Phi) is 13.3. The van der Waals surface area contributed by atoms with E-state index in [1.165, 1.54) is 12.2 Å². The molecule has 0 aliphatic carbocycles. The van der Waals surface area contributed by atoms with Crippen LogP contribution in [0, 0.1) is 0 Å². The number of carboxylic acid groups (broad SMARTS) is 1. The molecule has 0 aromatic rings. The molecule has 0 radical (unpaired) electrons. The third kappa shape index (κ3) is 13.9. The largest absolute Gasteiger partial charge is 0.481 e. The van der Waals surface area contributed by atoms with Gasteiger partial charge in [0.25, 0.3) is 0 Å². The summed E-state index contributed by atoms with van der Waals surface area (Å²) < 4.78 is 0. The van der Waals surface area contributed by atoms with Gasteiger partial charge in [-0.15, -0.1) is 0 Å². The second-order valence-corrected chi connectivity index (χ2v) is 5.47. The van der Waals surface area contributed by atoms with Gasteiger partial charge in [0.15, 0.2) is 0 Å². The Bertz CT molecular complexity index is 387. The summed E-state index contributed by atoms with van der Waals surface area (Å²) in [6.07, 6.45) is 11.8. The number of hydrogen-bond donors (Lipinski definition) is 4. The zero-order valence-electron chi connectivity index (χ0n) is 13.8. The van der Waals surface area contributed by atoms with Gasteiger partial charge < -0.3 is 20.4 Å². The van der Waals surface area contributed by atoms with Crippen LogP contribution in [0.15, 0.2) is 36.5 Å². The molecule has 0 spiro atoms. The molecule has 23 heavy (non-hydrogen) atoms. The third-order valence-corrected chi connectivity index (χ3v) is 3.28. The van der Waals surface area contributed by atoms with Crippen LogP contribution in [-0.2, 0) is 4.79 Å². The van der Waals surface area contributed by atoms with Gasteiger partial charge in [0.2, 0.25) is 0 Å². The van der Waals surface area contributed by atoms with Gasteiger partial charge in [-0.25, -0.2) is 0 Å². The molecule has 3 atom stereocenters. The van der Waals surface area contributed by atoms with E-state index in [2.05, 4.69) is 13.0 Å². The fourth-order valence-corrected chi connectivity index (χ4v) is 1.91. The topological polar surface area (TPSA) is 98.0 Å². The number of aliphatic hydroxyl groups is 3. The van der Waals surface area contributed by atoms with Crippen molar-refractivity contribution in [3.63, 3.8) is 0 Å². The Labute approximate surface area is 138 Å². The number of hydrogen-bond acceptors (Lipinski definition) is 4. The normalized spacial score (nSPS) is 16.3. The Morgan fingerprint density at radius 1 is 1.00 bits per heavy atom. The number of aliphatic carboxylic acids is 1. The molecule has 1 unspecified atom stereocenters. The molecule has 4 N–H and O–H groups in total. The van der Waals surface area contributed by atoms with E-state index in [9.17, 15) is 20.1 Å². The van der Waals surface area contributed by atoms with E-state index in [1.54, 1.807) is 0 Å². The Morgan fingerprint density at radius 3 is 2.35 bits per heavy atom. The highest BCUT2D eigenvalue weighted by Gasteiger charge is 2.11. The maximum Gasteiger partial charge on any atom is 0.303 e. The molecule has 0 bridgehead atoms. The number of aliphatic hydroxyl groups excluding tert-OH is 3. The Hall–Kier alpha value is -1.43. The van der Waals surface area contributed by atoms with Gasteiger partial charge >= 0.3 is 5.97 Å². The van der Waals surface area contributed by atoms with Crippen LogP contribution in [0.3, 0.4) is 0 Å². The minimum Gasteiger partial charge on any atom is -0.481 e. The minimum atomic E-state index is -1.03. The van der Waals surface area contributed by atoms with E-state index in [0.29, 0.717) is 25.7 Å². The summed E-state index contributed by atoms with van der Waals surface area (Å²) in [7, 11) is 0. The number of carbonyl (C=O) groups is 1. The van der Waals surface area contributed by atoms with Crippen LogP contribution in [0.2, 0.25) is 0 Å². The maximum atomic E-state index is 10.3. The predicted molar refractivity (Wildman–Crippen MR) is 91.1 cm³/mol. The fourth-order valence-electron chi connectivity index (χ4n) is 1.91. The van der Waals surface area contributed by atoms with Crippen molar-refractivity contribution in [2.24, 2.45) is 0 Å². The lowest BCUT2D eigenvalue weighted by Gasteiger charge is -2.13. The van der Waals surface area contributed by atoms with Gasteiger partial charge in [0, 0.05) is 6.42 Å². The zero-order chi connectivity index (χ0) is 17.5. The number of rotatable bonds is 13. The van der Waals surface area contributed by atoms with Crippen LogP contribution in [0.25, 0.3) is 0 Å². The molecular formula is C18H30O5. The van der Waals surface area contributed by atoms with Crippen molar-refractivity contribution in [3.05, 3.63) is 36.5 Å². The first-order valence-electron chi connectivity index (χ1n) is 8.21. The average molecular weight is 326 g/mol. The lowest BCUT2D eigenvalue weighted by Crippen LogP contribution is -2.23.